The molecule has 0 unspecified atom stereocenters. The standard InChI is InChI=1S/C15H22N2O/c1-11-9-17(10-12(2)18-11)15-7-3-6-14-13(15)5-4-8-16-14/h3,6-7,11-12,16H,4-5,8-10H2,1-2H3/t11-,12+. The molecular weight excluding hydrogens is 224 g/mol. The number of nitrogens with one attached hydrogen (secondary N) is 1. The van der Waals surface area contributed by atoms with E-state index in [-0.39, 0.29) is 0 Å². The Morgan fingerprint density at radius 1 is 1.22 bits per heavy atom. The maximum absolute atomic E-state index is 5.82. The van der Waals surface area contributed by atoms with Crippen LogP contribution in [0.1, 0.15) is 25.8 Å². The third kappa shape index (κ3) is 2.19. The van der Waals surface area contributed by atoms with Crippen molar-refractivity contribution in [2.45, 2.75) is 38.9 Å². The van der Waals surface area contributed by atoms with E-state index in [0.29, 0.717) is 12.2 Å². The average Bonchev–Trinajstić information content (AvgIpc) is 2.37. The lowest BCUT2D eigenvalue weighted by Gasteiger charge is -2.38. The van der Waals surface area contributed by atoms with Gasteiger partial charge in [-0.2, -0.15) is 0 Å². The van der Waals surface area contributed by atoms with E-state index >= 15 is 0 Å². The fourth-order valence-corrected chi connectivity index (χ4v) is 3.16. The van der Waals surface area contributed by atoms with Crippen LogP contribution in [0.2, 0.25) is 0 Å². The topological polar surface area (TPSA) is 24.5 Å². The molecule has 0 aliphatic carbocycles. The van der Waals surface area contributed by atoms with Crippen LogP contribution < -0.4 is 10.2 Å². The minimum absolute atomic E-state index is 0.321. The van der Waals surface area contributed by atoms with Crippen molar-refractivity contribution in [3.63, 3.8) is 0 Å². The van der Waals surface area contributed by atoms with Gasteiger partial charge in [-0.25, -0.2) is 0 Å². The third-order valence-electron chi connectivity index (χ3n) is 3.83. The molecule has 3 heteroatoms. The van der Waals surface area contributed by atoms with Crippen LogP contribution in [0, 0.1) is 0 Å². The number of fused-ring (bicyclic) bond motifs is 1. The Balaban J connectivity index is 1.91. The monoisotopic (exact) mass is 246 g/mol. The summed E-state index contributed by atoms with van der Waals surface area (Å²) in [7, 11) is 0. The quantitative estimate of drug-likeness (QED) is 0.824. The van der Waals surface area contributed by atoms with E-state index in [1.807, 2.05) is 0 Å². The van der Waals surface area contributed by atoms with Crippen LogP contribution in [-0.2, 0) is 11.2 Å². The van der Waals surface area contributed by atoms with Crippen LogP contribution in [0.15, 0.2) is 18.2 Å². The molecule has 0 aromatic heterocycles. The summed E-state index contributed by atoms with van der Waals surface area (Å²) >= 11 is 0. The van der Waals surface area contributed by atoms with Crippen LogP contribution in [0.5, 0.6) is 0 Å². The highest BCUT2D eigenvalue weighted by Gasteiger charge is 2.25. The minimum atomic E-state index is 0.321. The van der Waals surface area contributed by atoms with E-state index in [2.05, 4.69) is 42.3 Å². The molecule has 0 bridgehead atoms. The van der Waals surface area contributed by atoms with Gasteiger partial charge in [0.1, 0.15) is 0 Å². The van der Waals surface area contributed by atoms with Crippen LogP contribution in [0.4, 0.5) is 11.4 Å². The molecule has 2 aliphatic heterocycles. The van der Waals surface area contributed by atoms with Crippen molar-refractivity contribution in [3.05, 3.63) is 23.8 Å². The lowest BCUT2D eigenvalue weighted by molar-refractivity contribution is -0.00526. The van der Waals surface area contributed by atoms with E-state index in [0.717, 1.165) is 19.6 Å². The van der Waals surface area contributed by atoms with Gasteiger partial charge in [0.05, 0.1) is 12.2 Å². The summed E-state index contributed by atoms with van der Waals surface area (Å²) in [4.78, 5) is 2.49. The Bertz CT molecular complexity index is 423. The van der Waals surface area contributed by atoms with Gasteiger partial charge in [-0.3, -0.25) is 0 Å². The van der Waals surface area contributed by atoms with Gasteiger partial charge in [-0.05, 0) is 44.4 Å². The lowest BCUT2D eigenvalue weighted by atomic mass is 10.00. The highest BCUT2D eigenvalue weighted by Crippen LogP contribution is 2.32. The SMILES string of the molecule is C[C@@H]1CN(c2cccc3c2CCCN3)C[C@H](C)O1. The first kappa shape index (κ1) is 11.8. The minimum Gasteiger partial charge on any atom is -0.385 e. The number of benzene rings is 1. The second kappa shape index (κ2) is 4.81. The van der Waals surface area contributed by atoms with Crippen molar-refractivity contribution in [1.82, 2.24) is 0 Å². The van der Waals surface area contributed by atoms with Gasteiger partial charge in [0.25, 0.3) is 0 Å². The van der Waals surface area contributed by atoms with Gasteiger partial charge in [-0.15, -0.1) is 0 Å². The molecule has 0 amide bonds. The summed E-state index contributed by atoms with van der Waals surface area (Å²) in [5.41, 5.74) is 4.22. The van der Waals surface area contributed by atoms with Crippen molar-refractivity contribution >= 4 is 11.4 Å². The lowest BCUT2D eigenvalue weighted by Crippen LogP contribution is -2.46. The molecule has 1 aromatic carbocycles. The molecule has 3 nitrogen and oxygen atoms in total. The largest absolute Gasteiger partial charge is 0.385 e. The van der Waals surface area contributed by atoms with E-state index in [1.54, 1.807) is 0 Å². The van der Waals surface area contributed by atoms with Crippen molar-refractivity contribution in [2.24, 2.45) is 0 Å². The summed E-state index contributed by atoms with van der Waals surface area (Å²) in [5.74, 6) is 0. The number of nitrogens with zero attached hydrogens (tertiary/aromatic N) is 1. The van der Waals surface area contributed by atoms with Gasteiger partial charge < -0.3 is 15.0 Å². The number of hydrogen-bond donors (Lipinski definition) is 1. The van der Waals surface area contributed by atoms with Gasteiger partial charge >= 0.3 is 0 Å². The molecule has 1 aromatic rings. The molecule has 1 fully saturated rings. The zero-order chi connectivity index (χ0) is 12.5. The summed E-state index contributed by atoms with van der Waals surface area (Å²) in [6.07, 6.45) is 3.07. The number of hydrogen-bond acceptors (Lipinski definition) is 3. The smallest absolute Gasteiger partial charge is 0.0726 e. The van der Waals surface area contributed by atoms with E-state index in [4.69, 9.17) is 4.74 Å². The van der Waals surface area contributed by atoms with E-state index in [9.17, 15) is 0 Å². The molecule has 2 aliphatic rings. The molecule has 0 radical (unpaired) electrons. The molecule has 18 heavy (non-hydrogen) atoms. The zero-order valence-corrected chi connectivity index (χ0v) is 11.3. The molecular formula is C15H22N2O. The Kier molecular flexibility index (Phi) is 3.16. The second-order valence-corrected chi connectivity index (χ2v) is 5.50. The van der Waals surface area contributed by atoms with Crippen molar-refractivity contribution in [3.8, 4) is 0 Å². The number of anilines is 2. The molecule has 1 N–H and O–H groups in total. The van der Waals surface area contributed by atoms with Gasteiger partial charge in [0.15, 0.2) is 0 Å². The number of rotatable bonds is 1. The van der Waals surface area contributed by atoms with E-state index < -0.39 is 0 Å². The normalized spacial score (nSPS) is 27.6. The molecule has 3 rings (SSSR count). The van der Waals surface area contributed by atoms with Gasteiger partial charge in [-0.1, -0.05) is 6.07 Å². The van der Waals surface area contributed by atoms with Gasteiger partial charge in [0, 0.05) is 31.0 Å². The van der Waals surface area contributed by atoms with Crippen molar-refractivity contribution in [2.75, 3.05) is 29.9 Å². The fourth-order valence-electron chi connectivity index (χ4n) is 3.16. The summed E-state index contributed by atoms with van der Waals surface area (Å²) < 4.78 is 5.82. The predicted octanol–water partition coefficient (Wildman–Crippen LogP) is 2.66. The van der Waals surface area contributed by atoms with Crippen LogP contribution in [0.3, 0.4) is 0 Å². The Labute approximate surface area is 109 Å². The maximum atomic E-state index is 5.82. The third-order valence-corrected chi connectivity index (χ3v) is 3.83. The van der Waals surface area contributed by atoms with E-state index in [1.165, 1.54) is 29.8 Å². The van der Waals surface area contributed by atoms with Crippen LogP contribution >= 0.6 is 0 Å². The van der Waals surface area contributed by atoms with Gasteiger partial charge in [0.2, 0.25) is 0 Å². The first-order valence-electron chi connectivity index (χ1n) is 7.00. The first-order chi connectivity index (χ1) is 8.74. The Morgan fingerprint density at radius 2 is 2.00 bits per heavy atom. The Morgan fingerprint density at radius 3 is 2.78 bits per heavy atom. The summed E-state index contributed by atoms with van der Waals surface area (Å²) in [5, 5.41) is 3.51. The van der Waals surface area contributed by atoms with Crippen LogP contribution in [-0.4, -0.2) is 31.8 Å². The molecule has 1 saturated heterocycles. The predicted molar refractivity (Wildman–Crippen MR) is 75.5 cm³/mol. The fraction of sp³-hybridized carbons (Fsp3) is 0.600. The average molecular weight is 246 g/mol. The highest BCUT2D eigenvalue weighted by molar-refractivity contribution is 5.68. The number of morpholine rings is 1. The molecule has 2 heterocycles. The summed E-state index contributed by atoms with van der Waals surface area (Å²) in [6.45, 7) is 7.43. The van der Waals surface area contributed by atoms with Crippen molar-refractivity contribution in [1.29, 1.82) is 0 Å². The highest BCUT2D eigenvalue weighted by atomic mass is 16.5. The zero-order valence-electron chi connectivity index (χ0n) is 11.3. The molecule has 98 valence electrons. The molecule has 2 atom stereocenters. The molecule has 0 spiro atoms. The van der Waals surface area contributed by atoms with Crippen molar-refractivity contribution < 1.29 is 4.74 Å². The summed E-state index contributed by atoms with van der Waals surface area (Å²) in [6, 6.07) is 6.62. The maximum Gasteiger partial charge on any atom is 0.0726 e. The molecule has 0 saturated carbocycles. The number of ether oxygens (including phenoxy) is 1. The second-order valence-electron chi connectivity index (χ2n) is 5.50. The Hall–Kier alpha value is -1.22. The van der Waals surface area contributed by atoms with Crippen LogP contribution in [0.25, 0.3) is 0 Å². The first-order valence-corrected chi connectivity index (χ1v) is 7.00.